The van der Waals surface area contributed by atoms with E-state index in [0.717, 1.165) is 0 Å². The predicted molar refractivity (Wildman–Crippen MR) is 120 cm³/mol. The van der Waals surface area contributed by atoms with Crippen LogP contribution in [0, 0.1) is 15.9 Å². The highest BCUT2D eigenvalue weighted by molar-refractivity contribution is 6.37. The average Bonchev–Trinajstić information content (AvgIpc) is 2.73. The van der Waals surface area contributed by atoms with E-state index in [1.165, 1.54) is 48.7 Å². The second-order valence-electron chi connectivity index (χ2n) is 6.59. The molecule has 0 aliphatic rings. The monoisotopic (exact) mass is 475 g/mol. The van der Waals surface area contributed by atoms with E-state index in [0.29, 0.717) is 11.1 Å². The van der Waals surface area contributed by atoms with Gasteiger partial charge in [-0.05, 0) is 35.4 Å². The Morgan fingerprint density at radius 2 is 1.84 bits per heavy atom. The van der Waals surface area contributed by atoms with Gasteiger partial charge in [0.15, 0.2) is 5.75 Å². The number of para-hydroxylation sites is 1. The standard InChI is InChI=1S/C22H16Cl2FN3O4/c23-18-9-15(10-19(24)22(18)32-13-14-4-3-6-17(25)8-14)12-26-27-21(29)11-16-5-1-2-7-20(16)28(30)31/h1-10,12H,11,13H2,(H,27,29). The molecule has 0 radical (unpaired) electrons. The Kier molecular flexibility index (Phi) is 7.75. The summed E-state index contributed by atoms with van der Waals surface area (Å²) in [5.41, 5.74) is 3.55. The molecule has 0 saturated carbocycles. The highest BCUT2D eigenvalue weighted by Gasteiger charge is 2.15. The number of nitrogens with zero attached hydrogens (tertiary/aromatic N) is 2. The Morgan fingerprint density at radius 3 is 2.53 bits per heavy atom. The Bertz CT molecular complexity index is 1160. The summed E-state index contributed by atoms with van der Waals surface area (Å²) in [6.45, 7) is 0.0757. The van der Waals surface area contributed by atoms with Crippen molar-refractivity contribution in [3.05, 3.63) is 103 Å². The van der Waals surface area contributed by atoms with Crippen molar-refractivity contribution in [2.45, 2.75) is 13.0 Å². The van der Waals surface area contributed by atoms with E-state index in [9.17, 15) is 19.3 Å². The summed E-state index contributed by atoms with van der Waals surface area (Å²) in [5, 5.41) is 15.3. The van der Waals surface area contributed by atoms with Crippen LogP contribution < -0.4 is 10.2 Å². The summed E-state index contributed by atoms with van der Waals surface area (Å²) < 4.78 is 18.9. The molecule has 3 aromatic rings. The number of hydrogen-bond acceptors (Lipinski definition) is 5. The molecule has 1 amide bonds. The number of amides is 1. The number of carbonyl (C=O) groups excluding carboxylic acids is 1. The molecule has 0 aliphatic carbocycles. The number of halogens is 3. The second-order valence-corrected chi connectivity index (χ2v) is 7.40. The fourth-order valence-electron chi connectivity index (χ4n) is 2.80. The molecule has 0 heterocycles. The topological polar surface area (TPSA) is 93.8 Å². The number of nitro groups is 1. The SMILES string of the molecule is O=C(Cc1ccccc1[N+](=O)[O-])NN=Cc1cc(Cl)c(OCc2cccc(F)c2)c(Cl)c1. The van der Waals surface area contributed by atoms with Gasteiger partial charge >= 0.3 is 0 Å². The first-order valence-corrected chi connectivity index (χ1v) is 9.99. The molecule has 7 nitrogen and oxygen atoms in total. The van der Waals surface area contributed by atoms with Gasteiger partial charge in [-0.3, -0.25) is 14.9 Å². The van der Waals surface area contributed by atoms with Gasteiger partial charge in [-0.15, -0.1) is 0 Å². The van der Waals surface area contributed by atoms with Crippen molar-refractivity contribution in [2.24, 2.45) is 5.10 Å². The molecule has 10 heteroatoms. The lowest BCUT2D eigenvalue weighted by Gasteiger charge is -2.11. The van der Waals surface area contributed by atoms with E-state index < -0.39 is 10.8 Å². The molecule has 1 N–H and O–H groups in total. The van der Waals surface area contributed by atoms with Crippen LogP contribution in [-0.2, 0) is 17.8 Å². The lowest BCUT2D eigenvalue weighted by molar-refractivity contribution is -0.385. The van der Waals surface area contributed by atoms with Gasteiger partial charge in [0, 0.05) is 11.6 Å². The number of carbonyl (C=O) groups is 1. The number of hydrogen-bond donors (Lipinski definition) is 1. The highest BCUT2D eigenvalue weighted by Crippen LogP contribution is 2.34. The Balaban J connectivity index is 1.61. The fourth-order valence-corrected chi connectivity index (χ4v) is 3.42. The summed E-state index contributed by atoms with van der Waals surface area (Å²) >= 11 is 12.5. The normalized spacial score (nSPS) is 10.8. The van der Waals surface area contributed by atoms with Crippen LogP contribution in [0.25, 0.3) is 0 Å². The minimum absolute atomic E-state index is 0.0757. The minimum Gasteiger partial charge on any atom is -0.486 e. The second kappa shape index (κ2) is 10.7. The first-order chi connectivity index (χ1) is 15.3. The van der Waals surface area contributed by atoms with Gasteiger partial charge in [-0.1, -0.05) is 53.5 Å². The van der Waals surface area contributed by atoms with Crippen LogP contribution >= 0.6 is 23.2 Å². The number of nitrogens with one attached hydrogen (secondary N) is 1. The van der Waals surface area contributed by atoms with Crippen LogP contribution in [0.5, 0.6) is 5.75 Å². The Labute approximate surface area is 192 Å². The van der Waals surface area contributed by atoms with Crippen LogP contribution in [-0.4, -0.2) is 17.0 Å². The number of nitro benzene ring substituents is 1. The first kappa shape index (κ1) is 23.2. The molecular formula is C22H16Cl2FN3O4. The number of rotatable bonds is 8. The highest BCUT2D eigenvalue weighted by atomic mass is 35.5. The zero-order chi connectivity index (χ0) is 23.1. The zero-order valence-electron chi connectivity index (χ0n) is 16.4. The largest absolute Gasteiger partial charge is 0.486 e. The molecular weight excluding hydrogens is 460 g/mol. The molecule has 0 fully saturated rings. The molecule has 0 aliphatic heterocycles. The third-order valence-corrected chi connectivity index (χ3v) is 4.80. The molecule has 164 valence electrons. The molecule has 0 aromatic heterocycles. The molecule has 3 rings (SSSR count). The van der Waals surface area contributed by atoms with Crippen molar-refractivity contribution in [3.8, 4) is 5.75 Å². The zero-order valence-corrected chi connectivity index (χ0v) is 17.9. The third-order valence-electron chi connectivity index (χ3n) is 4.24. The quantitative estimate of drug-likeness (QED) is 0.271. The smallest absolute Gasteiger partial charge is 0.273 e. The van der Waals surface area contributed by atoms with Crippen LogP contribution in [0.15, 0.2) is 65.8 Å². The van der Waals surface area contributed by atoms with Crippen molar-refractivity contribution < 1.29 is 18.8 Å². The summed E-state index contributed by atoms with van der Waals surface area (Å²) in [7, 11) is 0. The van der Waals surface area contributed by atoms with Gasteiger partial charge in [0.05, 0.1) is 27.6 Å². The fraction of sp³-hybridized carbons (Fsp3) is 0.0909. The predicted octanol–water partition coefficient (Wildman–Crippen LogP) is 5.31. The van der Waals surface area contributed by atoms with E-state index in [4.69, 9.17) is 27.9 Å². The average molecular weight is 476 g/mol. The van der Waals surface area contributed by atoms with Crippen LogP contribution in [0.3, 0.4) is 0 Å². The van der Waals surface area contributed by atoms with E-state index in [-0.39, 0.29) is 45.9 Å². The van der Waals surface area contributed by atoms with E-state index in [1.54, 1.807) is 18.2 Å². The van der Waals surface area contributed by atoms with Gasteiger partial charge in [0.2, 0.25) is 5.91 Å². The summed E-state index contributed by atoms with van der Waals surface area (Å²) in [5.74, 6) is -0.670. The summed E-state index contributed by atoms with van der Waals surface area (Å²) in [6, 6.07) is 15.0. The molecule has 0 atom stereocenters. The lowest BCUT2D eigenvalue weighted by atomic mass is 10.1. The third kappa shape index (κ3) is 6.26. The van der Waals surface area contributed by atoms with E-state index in [2.05, 4.69) is 10.5 Å². The number of hydrazone groups is 1. The molecule has 0 saturated heterocycles. The van der Waals surface area contributed by atoms with E-state index >= 15 is 0 Å². The summed E-state index contributed by atoms with van der Waals surface area (Å²) in [6.07, 6.45) is 1.12. The molecule has 3 aromatic carbocycles. The van der Waals surface area contributed by atoms with Crippen molar-refractivity contribution in [1.82, 2.24) is 5.43 Å². The first-order valence-electron chi connectivity index (χ1n) is 9.24. The molecule has 0 bridgehead atoms. The maximum Gasteiger partial charge on any atom is 0.273 e. The Hall–Kier alpha value is -3.49. The van der Waals surface area contributed by atoms with Crippen LogP contribution in [0.4, 0.5) is 10.1 Å². The summed E-state index contributed by atoms with van der Waals surface area (Å²) in [4.78, 5) is 22.5. The van der Waals surface area contributed by atoms with Gasteiger partial charge < -0.3 is 4.74 Å². The maximum absolute atomic E-state index is 13.3. The van der Waals surface area contributed by atoms with E-state index in [1.807, 2.05) is 0 Å². The van der Waals surface area contributed by atoms with Crippen molar-refractivity contribution in [3.63, 3.8) is 0 Å². The minimum atomic E-state index is -0.548. The molecule has 0 spiro atoms. The molecule has 32 heavy (non-hydrogen) atoms. The number of benzene rings is 3. The van der Waals surface area contributed by atoms with Gasteiger partial charge in [0.25, 0.3) is 5.69 Å². The molecule has 0 unspecified atom stereocenters. The maximum atomic E-state index is 13.3. The van der Waals surface area contributed by atoms with Gasteiger partial charge in [0.1, 0.15) is 12.4 Å². The van der Waals surface area contributed by atoms with Gasteiger partial charge in [-0.25, -0.2) is 9.82 Å². The van der Waals surface area contributed by atoms with Crippen LogP contribution in [0.2, 0.25) is 10.0 Å². The van der Waals surface area contributed by atoms with Crippen molar-refractivity contribution in [2.75, 3.05) is 0 Å². The van der Waals surface area contributed by atoms with Crippen LogP contribution in [0.1, 0.15) is 16.7 Å². The Morgan fingerprint density at radius 1 is 1.12 bits per heavy atom. The lowest BCUT2D eigenvalue weighted by Crippen LogP contribution is -2.20. The van der Waals surface area contributed by atoms with Crippen molar-refractivity contribution in [1.29, 1.82) is 0 Å². The van der Waals surface area contributed by atoms with Crippen molar-refractivity contribution >= 4 is 41.0 Å². The van der Waals surface area contributed by atoms with Gasteiger partial charge in [-0.2, -0.15) is 5.10 Å². The number of ether oxygens (including phenoxy) is 1.